The highest BCUT2D eigenvalue weighted by Gasteiger charge is 2.54. The van der Waals surface area contributed by atoms with Gasteiger partial charge in [-0.3, -0.25) is 5.01 Å². The van der Waals surface area contributed by atoms with E-state index in [4.69, 9.17) is 0 Å². The van der Waals surface area contributed by atoms with Gasteiger partial charge in [0.2, 0.25) is 0 Å². The summed E-state index contributed by atoms with van der Waals surface area (Å²) in [5, 5.41) is 11.3. The van der Waals surface area contributed by atoms with Crippen LogP contribution in [0.4, 0.5) is 0 Å². The van der Waals surface area contributed by atoms with Crippen molar-refractivity contribution in [2.24, 2.45) is 21.7 Å². The molecule has 100 valence electrons. The molecular formula is C14H29N3. The maximum absolute atomic E-state index is 4.61. The molecule has 1 heterocycles. The fourth-order valence-electron chi connectivity index (χ4n) is 3.27. The Morgan fingerprint density at radius 1 is 1.18 bits per heavy atom. The summed E-state index contributed by atoms with van der Waals surface area (Å²) in [6, 6.07) is 0.691. The zero-order valence-corrected chi connectivity index (χ0v) is 12.8. The standard InChI is InChI=1S/C14H29N3/c1-9-14(10(2)3)12(13(6,7)8)15-16-17(14)11(4)5/h10-12H,9H2,1-8H3. The quantitative estimate of drug-likeness (QED) is 0.721. The smallest absolute Gasteiger partial charge is 0.103 e. The van der Waals surface area contributed by atoms with Crippen LogP contribution in [0.1, 0.15) is 61.8 Å². The van der Waals surface area contributed by atoms with E-state index in [0.717, 1.165) is 6.42 Å². The first-order chi connectivity index (χ1) is 7.67. The summed E-state index contributed by atoms with van der Waals surface area (Å²) in [5.41, 5.74) is 0.236. The zero-order chi connectivity index (χ0) is 13.4. The predicted molar refractivity (Wildman–Crippen MR) is 72.9 cm³/mol. The molecule has 17 heavy (non-hydrogen) atoms. The van der Waals surface area contributed by atoms with Crippen LogP contribution in [0.5, 0.6) is 0 Å². The van der Waals surface area contributed by atoms with Crippen molar-refractivity contribution in [1.29, 1.82) is 0 Å². The second-order valence-electron chi connectivity index (χ2n) is 6.91. The Balaban J connectivity index is 3.22. The molecule has 0 N–H and O–H groups in total. The van der Waals surface area contributed by atoms with E-state index in [1.54, 1.807) is 0 Å². The van der Waals surface area contributed by atoms with Gasteiger partial charge in [0.1, 0.15) is 6.04 Å². The van der Waals surface area contributed by atoms with Gasteiger partial charge in [-0.15, -0.1) is 0 Å². The van der Waals surface area contributed by atoms with Crippen LogP contribution < -0.4 is 0 Å². The van der Waals surface area contributed by atoms with Gasteiger partial charge >= 0.3 is 0 Å². The monoisotopic (exact) mass is 239 g/mol. The first kappa shape index (κ1) is 14.5. The van der Waals surface area contributed by atoms with E-state index in [0.29, 0.717) is 12.0 Å². The Morgan fingerprint density at radius 3 is 2.00 bits per heavy atom. The molecule has 3 nitrogen and oxygen atoms in total. The highest BCUT2D eigenvalue weighted by atomic mass is 15.6. The molecule has 0 aromatic rings. The van der Waals surface area contributed by atoms with Crippen molar-refractivity contribution in [3.05, 3.63) is 0 Å². The Labute approximate surface area is 107 Å². The van der Waals surface area contributed by atoms with Crippen molar-refractivity contribution in [3.8, 4) is 0 Å². The summed E-state index contributed by atoms with van der Waals surface area (Å²) < 4.78 is 0. The molecule has 0 bridgehead atoms. The van der Waals surface area contributed by atoms with Gasteiger partial charge in [0.05, 0.1) is 5.54 Å². The average molecular weight is 239 g/mol. The average Bonchev–Trinajstić information content (AvgIpc) is 2.56. The molecule has 0 aromatic carbocycles. The molecule has 0 radical (unpaired) electrons. The van der Waals surface area contributed by atoms with E-state index in [2.05, 4.69) is 70.7 Å². The SMILES string of the molecule is CCC1(C(C)C)C(C(C)(C)C)N=NN1C(C)C. The van der Waals surface area contributed by atoms with Gasteiger partial charge in [-0.2, -0.15) is 5.11 Å². The molecule has 1 rings (SSSR count). The van der Waals surface area contributed by atoms with Crippen molar-refractivity contribution < 1.29 is 0 Å². The van der Waals surface area contributed by atoms with Crippen molar-refractivity contribution >= 4 is 0 Å². The minimum absolute atomic E-state index is 0.0758. The molecule has 1 aliphatic heterocycles. The molecule has 2 atom stereocenters. The molecule has 3 heteroatoms. The summed E-state index contributed by atoms with van der Waals surface area (Å²) in [4.78, 5) is 0. The lowest BCUT2D eigenvalue weighted by atomic mass is 9.67. The molecule has 1 aliphatic rings. The molecule has 0 saturated heterocycles. The maximum Gasteiger partial charge on any atom is 0.103 e. The summed E-state index contributed by atoms with van der Waals surface area (Å²) in [7, 11) is 0. The molecule has 0 aliphatic carbocycles. The van der Waals surface area contributed by atoms with Crippen LogP contribution in [0.2, 0.25) is 0 Å². The first-order valence-electron chi connectivity index (χ1n) is 6.88. The van der Waals surface area contributed by atoms with Gasteiger partial charge < -0.3 is 0 Å². The van der Waals surface area contributed by atoms with Gasteiger partial charge in [-0.1, -0.05) is 46.8 Å². The topological polar surface area (TPSA) is 28.0 Å². The molecule has 0 amide bonds. The molecule has 0 saturated carbocycles. The molecule has 0 spiro atoms. The number of rotatable bonds is 3. The van der Waals surface area contributed by atoms with E-state index in [1.165, 1.54) is 0 Å². The summed E-state index contributed by atoms with van der Waals surface area (Å²) in [6.07, 6.45) is 1.10. The normalized spacial score (nSPS) is 29.8. The van der Waals surface area contributed by atoms with Gasteiger partial charge in [-0.25, -0.2) is 0 Å². The van der Waals surface area contributed by atoms with Crippen molar-refractivity contribution in [2.75, 3.05) is 0 Å². The van der Waals surface area contributed by atoms with Crippen LogP contribution in [0, 0.1) is 11.3 Å². The van der Waals surface area contributed by atoms with Crippen molar-refractivity contribution in [1.82, 2.24) is 5.01 Å². The number of hydrogen-bond acceptors (Lipinski definition) is 3. The van der Waals surface area contributed by atoms with Crippen molar-refractivity contribution in [3.63, 3.8) is 0 Å². The maximum atomic E-state index is 4.61. The lowest BCUT2D eigenvalue weighted by Gasteiger charge is -2.48. The highest BCUT2D eigenvalue weighted by molar-refractivity contribution is 5.08. The summed E-state index contributed by atoms with van der Waals surface area (Å²) in [6.45, 7) is 18.1. The second kappa shape index (κ2) is 4.58. The largest absolute Gasteiger partial charge is 0.268 e. The Kier molecular flexibility index (Phi) is 3.90. The molecule has 0 fully saturated rings. The number of hydrogen-bond donors (Lipinski definition) is 0. The molecule has 0 aromatic heterocycles. The lowest BCUT2D eigenvalue weighted by molar-refractivity contribution is 0.00111. The fourth-order valence-corrected chi connectivity index (χ4v) is 3.27. The van der Waals surface area contributed by atoms with E-state index < -0.39 is 0 Å². The Morgan fingerprint density at radius 2 is 1.71 bits per heavy atom. The third-order valence-corrected chi connectivity index (χ3v) is 4.04. The van der Waals surface area contributed by atoms with E-state index in [9.17, 15) is 0 Å². The van der Waals surface area contributed by atoms with Gasteiger partial charge in [0, 0.05) is 6.04 Å². The number of nitrogens with zero attached hydrogens (tertiary/aromatic N) is 3. The van der Waals surface area contributed by atoms with Crippen LogP contribution in [-0.2, 0) is 0 Å². The fraction of sp³-hybridized carbons (Fsp3) is 1.00. The van der Waals surface area contributed by atoms with Gasteiger partial charge in [-0.05, 0) is 31.6 Å². The second-order valence-corrected chi connectivity index (χ2v) is 6.91. The van der Waals surface area contributed by atoms with Crippen molar-refractivity contribution in [2.45, 2.75) is 79.4 Å². The van der Waals surface area contributed by atoms with Gasteiger partial charge in [0.25, 0.3) is 0 Å². The minimum Gasteiger partial charge on any atom is -0.268 e. The van der Waals surface area contributed by atoms with E-state index in [-0.39, 0.29) is 17.0 Å². The van der Waals surface area contributed by atoms with Crippen LogP contribution in [0.15, 0.2) is 10.3 Å². The molecular weight excluding hydrogens is 210 g/mol. The minimum atomic E-state index is 0.0758. The van der Waals surface area contributed by atoms with Crippen LogP contribution >= 0.6 is 0 Å². The van der Waals surface area contributed by atoms with Gasteiger partial charge in [0.15, 0.2) is 0 Å². The van der Waals surface area contributed by atoms with E-state index in [1.807, 2.05) is 0 Å². The third-order valence-electron chi connectivity index (χ3n) is 4.04. The summed E-state index contributed by atoms with van der Waals surface area (Å²) in [5.74, 6) is 0.550. The highest BCUT2D eigenvalue weighted by Crippen LogP contribution is 2.46. The van der Waals surface area contributed by atoms with Crippen LogP contribution in [-0.4, -0.2) is 22.6 Å². The Hall–Kier alpha value is -0.600. The first-order valence-corrected chi connectivity index (χ1v) is 6.88. The third kappa shape index (κ3) is 2.21. The van der Waals surface area contributed by atoms with Crippen LogP contribution in [0.25, 0.3) is 0 Å². The zero-order valence-electron chi connectivity index (χ0n) is 12.8. The lowest BCUT2D eigenvalue weighted by Crippen LogP contribution is -2.59. The van der Waals surface area contributed by atoms with E-state index >= 15 is 0 Å². The Bertz CT molecular complexity index is 288. The summed E-state index contributed by atoms with van der Waals surface area (Å²) >= 11 is 0. The predicted octanol–water partition coefficient (Wildman–Crippen LogP) is 4.30. The van der Waals surface area contributed by atoms with Crippen LogP contribution in [0.3, 0.4) is 0 Å². The molecule has 2 unspecified atom stereocenters.